The summed E-state index contributed by atoms with van der Waals surface area (Å²) >= 11 is 0. The number of allylic oxidation sites excluding steroid dienone is 3. The van der Waals surface area contributed by atoms with E-state index < -0.39 is 0 Å². The van der Waals surface area contributed by atoms with Crippen LogP contribution in [-0.4, -0.2) is 49.1 Å². The van der Waals surface area contributed by atoms with Gasteiger partial charge < -0.3 is 4.90 Å². The van der Waals surface area contributed by atoms with Crippen LogP contribution in [0.5, 0.6) is 0 Å². The van der Waals surface area contributed by atoms with E-state index in [1.165, 1.54) is 58.4 Å². The van der Waals surface area contributed by atoms with Crippen molar-refractivity contribution in [3.63, 3.8) is 0 Å². The highest BCUT2D eigenvalue weighted by molar-refractivity contribution is 5.32. The fraction of sp³-hybridized carbons (Fsp3) is 0.789. The van der Waals surface area contributed by atoms with Crippen molar-refractivity contribution in [1.29, 1.82) is 0 Å². The van der Waals surface area contributed by atoms with Crippen LogP contribution in [0, 0.1) is 5.41 Å². The van der Waals surface area contributed by atoms with E-state index in [1.807, 2.05) is 0 Å². The minimum absolute atomic E-state index is 0.372. The zero-order valence-corrected chi connectivity index (χ0v) is 14.6. The summed E-state index contributed by atoms with van der Waals surface area (Å²) in [7, 11) is 0. The first-order chi connectivity index (χ1) is 10.0. The number of rotatable bonds is 4. The fourth-order valence-corrected chi connectivity index (χ4v) is 3.85. The van der Waals surface area contributed by atoms with Crippen LogP contribution in [0.1, 0.15) is 53.4 Å². The zero-order chi connectivity index (χ0) is 15.3. The second-order valence-corrected chi connectivity index (χ2v) is 7.42. The maximum atomic E-state index is 2.61. The topological polar surface area (TPSA) is 6.48 Å². The van der Waals surface area contributed by atoms with Crippen molar-refractivity contribution in [1.82, 2.24) is 9.80 Å². The second kappa shape index (κ2) is 7.60. The molecule has 0 unspecified atom stereocenters. The molecule has 2 nitrogen and oxygen atoms in total. The highest BCUT2D eigenvalue weighted by Gasteiger charge is 2.26. The van der Waals surface area contributed by atoms with Crippen molar-refractivity contribution in [2.45, 2.75) is 53.4 Å². The lowest BCUT2D eigenvalue weighted by Gasteiger charge is -2.33. The average molecular weight is 290 g/mol. The molecule has 0 amide bonds. The van der Waals surface area contributed by atoms with Gasteiger partial charge in [-0.3, -0.25) is 4.90 Å². The van der Waals surface area contributed by atoms with Crippen LogP contribution in [-0.2, 0) is 0 Å². The van der Waals surface area contributed by atoms with Crippen molar-refractivity contribution in [3.05, 3.63) is 23.3 Å². The predicted molar refractivity (Wildman–Crippen MR) is 92.6 cm³/mol. The number of hydrogen-bond donors (Lipinski definition) is 0. The molecule has 0 aromatic rings. The van der Waals surface area contributed by atoms with E-state index in [4.69, 9.17) is 0 Å². The molecule has 2 aliphatic rings. The SMILES string of the molecule is CCN1CCCN(CC=CC2=C(C)CCCC2(C)C)CC1. The van der Waals surface area contributed by atoms with Crippen molar-refractivity contribution in [2.24, 2.45) is 5.41 Å². The molecule has 1 heterocycles. The fourth-order valence-electron chi connectivity index (χ4n) is 3.85. The van der Waals surface area contributed by atoms with Gasteiger partial charge in [0.25, 0.3) is 0 Å². The van der Waals surface area contributed by atoms with E-state index >= 15 is 0 Å². The number of nitrogens with zero attached hydrogens (tertiary/aromatic N) is 2. The summed E-state index contributed by atoms with van der Waals surface area (Å²) in [4.78, 5) is 5.18. The van der Waals surface area contributed by atoms with Gasteiger partial charge in [0.05, 0.1) is 0 Å². The molecule has 0 aromatic heterocycles. The van der Waals surface area contributed by atoms with E-state index in [-0.39, 0.29) is 0 Å². The van der Waals surface area contributed by atoms with Gasteiger partial charge in [-0.1, -0.05) is 38.5 Å². The Morgan fingerprint density at radius 1 is 1.05 bits per heavy atom. The van der Waals surface area contributed by atoms with Crippen molar-refractivity contribution in [2.75, 3.05) is 39.3 Å². The lowest BCUT2D eigenvalue weighted by molar-refractivity contribution is 0.278. The van der Waals surface area contributed by atoms with Crippen LogP contribution in [0.15, 0.2) is 23.3 Å². The Bertz CT molecular complexity index is 392. The molecule has 0 radical (unpaired) electrons. The third-order valence-electron chi connectivity index (χ3n) is 5.32. The first-order valence-electron chi connectivity index (χ1n) is 8.84. The third-order valence-corrected chi connectivity index (χ3v) is 5.32. The summed E-state index contributed by atoms with van der Waals surface area (Å²) in [5.41, 5.74) is 3.57. The summed E-state index contributed by atoms with van der Waals surface area (Å²) in [6.45, 7) is 16.7. The average Bonchev–Trinajstić information content (AvgIpc) is 2.67. The van der Waals surface area contributed by atoms with Gasteiger partial charge in [-0.25, -0.2) is 0 Å². The molecule has 1 saturated heterocycles. The predicted octanol–water partition coefficient (Wildman–Crippen LogP) is 4.10. The third kappa shape index (κ3) is 4.69. The molecule has 0 atom stereocenters. The lowest BCUT2D eigenvalue weighted by Crippen LogP contribution is -2.30. The van der Waals surface area contributed by atoms with E-state index in [1.54, 1.807) is 11.1 Å². The monoisotopic (exact) mass is 290 g/mol. The molecule has 1 aliphatic carbocycles. The summed E-state index contributed by atoms with van der Waals surface area (Å²) in [5.74, 6) is 0. The molecule has 0 bridgehead atoms. The Kier molecular flexibility index (Phi) is 6.07. The number of likely N-dealkylation sites (N-methyl/N-ethyl adjacent to an activating group) is 1. The van der Waals surface area contributed by atoms with E-state index in [2.05, 4.69) is 49.6 Å². The summed E-state index contributed by atoms with van der Waals surface area (Å²) in [5, 5.41) is 0. The molecule has 0 spiro atoms. The van der Waals surface area contributed by atoms with Gasteiger partial charge in [-0.05, 0) is 63.2 Å². The van der Waals surface area contributed by atoms with Crippen LogP contribution in [0.3, 0.4) is 0 Å². The zero-order valence-electron chi connectivity index (χ0n) is 14.6. The maximum absolute atomic E-state index is 2.61. The minimum atomic E-state index is 0.372. The lowest BCUT2D eigenvalue weighted by atomic mass is 9.73. The van der Waals surface area contributed by atoms with Gasteiger partial charge in [0.1, 0.15) is 0 Å². The molecule has 1 fully saturated rings. The molecule has 0 saturated carbocycles. The van der Waals surface area contributed by atoms with Gasteiger partial charge >= 0.3 is 0 Å². The molecule has 2 heteroatoms. The van der Waals surface area contributed by atoms with Gasteiger partial charge in [-0.2, -0.15) is 0 Å². The van der Waals surface area contributed by atoms with Crippen LogP contribution in [0.2, 0.25) is 0 Å². The van der Waals surface area contributed by atoms with E-state index in [0.717, 1.165) is 6.54 Å². The second-order valence-electron chi connectivity index (χ2n) is 7.42. The number of hydrogen-bond acceptors (Lipinski definition) is 2. The Morgan fingerprint density at radius 3 is 2.48 bits per heavy atom. The molecule has 0 aromatic carbocycles. The first kappa shape index (κ1) is 16.8. The Labute approximate surface area is 131 Å². The van der Waals surface area contributed by atoms with Crippen molar-refractivity contribution >= 4 is 0 Å². The summed E-state index contributed by atoms with van der Waals surface area (Å²) in [6.07, 6.45) is 10.1. The van der Waals surface area contributed by atoms with Crippen molar-refractivity contribution < 1.29 is 0 Å². The van der Waals surface area contributed by atoms with Gasteiger partial charge in [-0.15, -0.1) is 0 Å². The minimum Gasteiger partial charge on any atom is -0.302 e. The first-order valence-corrected chi connectivity index (χ1v) is 8.84. The molecule has 120 valence electrons. The van der Waals surface area contributed by atoms with Crippen LogP contribution in [0.4, 0.5) is 0 Å². The van der Waals surface area contributed by atoms with Crippen molar-refractivity contribution in [3.8, 4) is 0 Å². The summed E-state index contributed by atoms with van der Waals surface area (Å²) in [6, 6.07) is 0. The molecular weight excluding hydrogens is 256 g/mol. The van der Waals surface area contributed by atoms with Gasteiger partial charge in [0.2, 0.25) is 0 Å². The molecule has 21 heavy (non-hydrogen) atoms. The largest absolute Gasteiger partial charge is 0.302 e. The summed E-state index contributed by atoms with van der Waals surface area (Å²) < 4.78 is 0. The normalized spacial score (nSPS) is 25.5. The molecule has 1 aliphatic heterocycles. The quantitative estimate of drug-likeness (QED) is 0.769. The smallest absolute Gasteiger partial charge is 0.0166 e. The highest BCUT2D eigenvalue weighted by Crippen LogP contribution is 2.40. The van der Waals surface area contributed by atoms with Crippen LogP contribution < -0.4 is 0 Å². The van der Waals surface area contributed by atoms with Crippen LogP contribution >= 0.6 is 0 Å². The Morgan fingerprint density at radius 2 is 1.76 bits per heavy atom. The molecule has 0 N–H and O–H groups in total. The van der Waals surface area contributed by atoms with Gasteiger partial charge in [0, 0.05) is 19.6 Å². The van der Waals surface area contributed by atoms with E-state index in [0.29, 0.717) is 5.41 Å². The maximum Gasteiger partial charge on any atom is 0.0166 e. The van der Waals surface area contributed by atoms with Crippen LogP contribution in [0.25, 0.3) is 0 Å². The molecule has 2 rings (SSSR count). The highest BCUT2D eigenvalue weighted by atomic mass is 15.2. The Hall–Kier alpha value is -0.600. The molecular formula is C19H34N2. The van der Waals surface area contributed by atoms with Gasteiger partial charge in [0.15, 0.2) is 0 Å². The standard InChI is InChI=1S/C19H34N2/c1-5-20-13-8-14-21(16-15-20)12-7-10-18-17(2)9-6-11-19(18,3)4/h7,10H,5-6,8-9,11-16H2,1-4H3. The van der Waals surface area contributed by atoms with E-state index in [9.17, 15) is 0 Å². The Balaban J connectivity index is 1.90.